The highest BCUT2D eigenvalue weighted by Crippen LogP contribution is 2.48. The fraction of sp³-hybridized carbons (Fsp3) is 0.0588. The van der Waals surface area contributed by atoms with Crippen LogP contribution in [0.25, 0.3) is 110 Å². The minimum atomic E-state index is 0.767. The average Bonchev–Trinajstić information content (AvgIpc) is 3.43. The molecule has 0 fully saturated rings. The summed E-state index contributed by atoms with van der Waals surface area (Å²) in [5.41, 5.74) is 20.7. The molecule has 0 nitrogen and oxygen atoms in total. The van der Waals surface area contributed by atoms with Crippen molar-refractivity contribution in [3.8, 4) is 66.8 Å². The lowest BCUT2D eigenvalue weighted by molar-refractivity contribution is 1.40. The number of rotatable bonds is 8. The van der Waals surface area contributed by atoms with Crippen molar-refractivity contribution in [2.45, 2.75) is 24.5 Å². The van der Waals surface area contributed by atoms with Crippen LogP contribution in [0.1, 0.15) is 22.3 Å². The van der Waals surface area contributed by atoms with Crippen molar-refractivity contribution in [1.82, 2.24) is 0 Å². The molecule has 0 spiro atoms. The van der Waals surface area contributed by atoms with Gasteiger partial charge >= 0.3 is 0 Å². The summed E-state index contributed by atoms with van der Waals surface area (Å²) in [4.78, 5) is 0. The maximum Gasteiger partial charge on any atom is 0.0295 e. The molecule has 2 heteroatoms. The smallest absolute Gasteiger partial charge is 0.0295 e. The molecule has 0 aromatic heterocycles. The molecule has 0 N–H and O–H groups in total. The highest BCUT2D eigenvalue weighted by atomic mass is 79.9. The van der Waals surface area contributed by atoms with Crippen LogP contribution in [0.4, 0.5) is 0 Å². The van der Waals surface area contributed by atoms with Crippen LogP contribution in [0.3, 0.4) is 0 Å². The van der Waals surface area contributed by atoms with Crippen LogP contribution in [-0.4, -0.2) is 0 Å². The van der Waals surface area contributed by atoms with Gasteiger partial charge in [-0.3, -0.25) is 0 Å². The van der Waals surface area contributed by atoms with Crippen molar-refractivity contribution in [3.63, 3.8) is 0 Å². The normalized spacial score (nSPS) is 11.3. The highest BCUT2D eigenvalue weighted by Gasteiger charge is 2.23. The number of fused-ring (bicyclic) bond motifs is 4. The van der Waals surface area contributed by atoms with Gasteiger partial charge in [-0.05, 0) is 170 Å². The van der Waals surface area contributed by atoms with Gasteiger partial charge in [-0.1, -0.05) is 250 Å². The molecular formula is C68H50Br2. The Hall–Kier alpha value is -7.36. The summed E-state index contributed by atoms with van der Waals surface area (Å²) in [7, 11) is 0. The molecule has 0 bridgehead atoms. The molecule has 0 aliphatic carbocycles. The van der Waals surface area contributed by atoms with Crippen LogP contribution in [0.15, 0.2) is 243 Å². The fourth-order valence-electron chi connectivity index (χ4n) is 10.8. The molecule has 0 saturated carbocycles. The maximum atomic E-state index is 3.90. The van der Waals surface area contributed by atoms with Crippen molar-refractivity contribution >= 4 is 74.9 Å². The fourth-order valence-corrected chi connectivity index (χ4v) is 11.9. The highest BCUT2D eigenvalue weighted by molar-refractivity contribution is 9.08. The molecule has 12 aromatic carbocycles. The van der Waals surface area contributed by atoms with E-state index in [-0.39, 0.29) is 0 Å². The Labute approximate surface area is 428 Å². The van der Waals surface area contributed by atoms with Crippen LogP contribution < -0.4 is 0 Å². The minimum absolute atomic E-state index is 0.767. The van der Waals surface area contributed by atoms with Crippen molar-refractivity contribution in [2.24, 2.45) is 0 Å². The van der Waals surface area contributed by atoms with E-state index in [9.17, 15) is 0 Å². The molecule has 12 rings (SSSR count). The quantitative estimate of drug-likeness (QED) is 0.133. The average molecular weight is 1030 g/mol. The van der Waals surface area contributed by atoms with E-state index in [1.807, 2.05) is 0 Å². The zero-order valence-corrected chi connectivity index (χ0v) is 42.4. The third kappa shape index (κ3) is 8.36. The zero-order valence-electron chi connectivity index (χ0n) is 39.3. The minimum Gasteiger partial charge on any atom is -0.0876 e. The molecule has 336 valence electrons. The van der Waals surface area contributed by atoms with Crippen molar-refractivity contribution < 1.29 is 0 Å². The van der Waals surface area contributed by atoms with Gasteiger partial charge in [-0.2, -0.15) is 0 Å². The molecule has 0 amide bonds. The van der Waals surface area contributed by atoms with E-state index in [4.69, 9.17) is 0 Å². The molecule has 0 unspecified atom stereocenters. The van der Waals surface area contributed by atoms with Crippen LogP contribution in [0, 0.1) is 13.8 Å². The molecule has 0 saturated heterocycles. The van der Waals surface area contributed by atoms with Crippen LogP contribution in [-0.2, 0) is 10.7 Å². The van der Waals surface area contributed by atoms with Gasteiger partial charge in [0.25, 0.3) is 0 Å². The van der Waals surface area contributed by atoms with E-state index in [0.717, 1.165) is 10.7 Å². The summed E-state index contributed by atoms with van der Waals surface area (Å²) in [5.74, 6) is 0. The lowest BCUT2D eigenvalue weighted by Gasteiger charge is -2.23. The molecule has 0 aliphatic heterocycles. The van der Waals surface area contributed by atoms with Gasteiger partial charge < -0.3 is 0 Å². The first-order valence-electron chi connectivity index (χ1n) is 24.0. The maximum absolute atomic E-state index is 3.90. The summed E-state index contributed by atoms with van der Waals surface area (Å²) in [5, 5.41) is 11.8. The summed E-state index contributed by atoms with van der Waals surface area (Å²) >= 11 is 7.80. The van der Waals surface area contributed by atoms with Crippen molar-refractivity contribution in [3.05, 3.63) is 265 Å². The van der Waals surface area contributed by atoms with Crippen LogP contribution in [0.2, 0.25) is 0 Å². The molecule has 12 aromatic rings. The topological polar surface area (TPSA) is 0 Å². The Bertz CT molecular complexity index is 3580. The molecule has 0 atom stereocenters. The van der Waals surface area contributed by atoms with Crippen LogP contribution in [0.5, 0.6) is 0 Å². The second-order valence-electron chi connectivity index (χ2n) is 18.0. The molecule has 0 heterocycles. The van der Waals surface area contributed by atoms with Gasteiger partial charge in [0.2, 0.25) is 0 Å². The number of benzene rings is 12. The predicted molar refractivity (Wildman–Crippen MR) is 310 cm³/mol. The first kappa shape index (κ1) is 45.1. The first-order chi connectivity index (χ1) is 34.5. The van der Waals surface area contributed by atoms with Gasteiger partial charge in [0, 0.05) is 10.7 Å². The Morgan fingerprint density at radius 1 is 0.257 bits per heavy atom. The van der Waals surface area contributed by atoms with E-state index < -0.39 is 0 Å². The monoisotopic (exact) mass is 1020 g/mol. The van der Waals surface area contributed by atoms with Gasteiger partial charge in [0.05, 0.1) is 0 Å². The Morgan fingerprint density at radius 2 is 0.486 bits per heavy atom. The van der Waals surface area contributed by atoms with Gasteiger partial charge in [-0.15, -0.1) is 0 Å². The second kappa shape index (κ2) is 19.9. The second-order valence-corrected chi connectivity index (χ2v) is 19.1. The molecule has 70 heavy (non-hydrogen) atoms. The number of hydrogen-bond donors (Lipinski definition) is 0. The van der Waals surface area contributed by atoms with Gasteiger partial charge in [0.1, 0.15) is 0 Å². The van der Waals surface area contributed by atoms with E-state index in [1.54, 1.807) is 0 Å². The van der Waals surface area contributed by atoms with Gasteiger partial charge in [0.15, 0.2) is 0 Å². The third-order valence-corrected chi connectivity index (χ3v) is 15.2. The predicted octanol–water partition coefficient (Wildman–Crippen LogP) is 20.4. The number of hydrogen-bond acceptors (Lipinski definition) is 0. The summed E-state index contributed by atoms with van der Waals surface area (Å²) in [6.07, 6.45) is 0. The van der Waals surface area contributed by atoms with E-state index in [1.165, 1.54) is 132 Å². The molecular weight excluding hydrogens is 977 g/mol. The number of halogens is 2. The Morgan fingerprint density at radius 3 is 0.771 bits per heavy atom. The molecule has 0 aliphatic rings. The Balaban J connectivity index is 0.000000153. The van der Waals surface area contributed by atoms with Crippen LogP contribution >= 0.6 is 31.9 Å². The SMILES string of the molecule is BrCc1c(-c2ccccc2)cc2ccccc2c1-c1c(CBr)c(-c2ccccc2)cc2ccccc12.Cc1c(-c2ccccc2)cc2ccccc2c1-c1c(C)c(-c2ccccc2)cc2ccccc12. The van der Waals surface area contributed by atoms with Crippen molar-refractivity contribution in [1.29, 1.82) is 0 Å². The lowest BCUT2D eigenvalue weighted by Crippen LogP contribution is -1.99. The largest absolute Gasteiger partial charge is 0.0876 e. The van der Waals surface area contributed by atoms with E-state index >= 15 is 0 Å². The van der Waals surface area contributed by atoms with Gasteiger partial charge in [-0.25, -0.2) is 0 Å². The summed E-state index contributed by atoms with van der Waals surface area (Å²) in [6, 6.07) is 87.7. The standard InChI is InChI=1S/C34H24Br2.C34H26/c35-21-31-29(23-11-3-1-4-12-23)19-25-15-7-9-17-27(25)33(31)34-28-18-10-8-16-26(28)20-30(32(34)22-36)24-13-5-2-6-14-24;1-23-31(25-13-5-3-6-14-25)21-27-17-9-11-19-29(27)33(23)34-24(2)32(26-15-7-4-8-16-26)22-28-18-10-12-20-30(28)34/h1-20H,21-22H2;3-22H,1-2H3. The Kier molecular flexibility index (Phi) is 12.8. The van der Waals surface area contributed by atoms with Crippen molar-refractivity contribution in [2.75, 3.05) is 0 Å². The summed E-state index contributed by atoms with van der Waals surface area (Å²) in [6.45, 7) is 4.57. The number of alkyl halides is 2. The zero-order chi connectivity index (χ0) is 47.6. The lowest BCUT2D eigenvalue weighted by atomic mass is 9.82. The molecule has 0 radical (unpaired) electrons. The summed E-state index contributed by atoms with van der Waals surface area (Å²) < 4.78 is 0. The van der Waals surface area contributed by atoms with E-state index in [2.05, 4.69) is 288 Å². The third-order valence-electron chi connectivity index (χ3n) is 14.0. The van der Waals surface area contributed by atoms with E-state index in [0.29, 0.717) is 0 Å². The first-order valence-corrected chi connectivity index (χ1v) is 26.2.